The van der Waals surface area contributed by atoms with E-state index in [4.69, 9.17) is 4.74 Å². The molecule has 1 aromatic heterocycles. The van der Waals surface area contributed by atoms with Gasteiger partial charge in [0.15, 0.2) is 11.8 Å². The predicted octanol–water partition coefficient (Wildman–Crippen LogP) is 2.11. The van der Waals surface area contributed by atoms with Crippen LogP contribution in [0.1, 0.15) is 30.6 Å². The summed E-state index contributed by atoms with van der Waals surface area (Å²) in [5, 5.41) is 15.1. The van der Waals surface area contributed by atoms with Gasteiger partial charge in [-0.1, -0.05) is 12.1 Å². The van der Waals surface area contributed by atoms with Crippen molar-refractivity contribution in [3.63, 3.8) is 0 Å². The van der Waals surface area contributed by atoms with Crippen molar-refractivity contribution in [1.82, 2.24) is 25.4 Å². The van der Waals surface area contributed by atoms with E-state index in [1.165, 1.54) is 0 Å². The van der Waals surface area contributed by atoms with Crippen LogP contribution in [-0.4, -0.2) is 34.4 Å². The van der Waals surface area contributed by atoms with Gasteiger partial charge in [-0.3, -0.25) is 0 Å². The van der Waals surface area contributed by atoms with Crippen LogP contribution in [0.5, 0.6) is 5.75 Å². The minimum Gasteiger partial charge on any atom is -0.497 e. The molecule has 0 saturated carbocycles. The lowest BCUT2D eigenvalue weighted by Crippen LogP contribution is -2.37. The number of aromatic nitrogens is 3. The molecule has 0 unspecified atom stereocenters. The molecule has 8 heteroatoms. The van der Waals surface area contributed by atoms with Crippen LogP contribution in [0.3, 0.4) is 0 Å². The molecule has 1 aliphatic heterocycles. The molecule has 0 atom stereocenters. The smallest absolute Gasteiger partial charge is 0.191 e. The van der Waals surface area contributed by atoms with E-state index in [1.54, 1.807) is 7.11 Å². The number of methoxy groups -OCH3 is 1. The van der Waals surface area contributed by atoms with E-state index >= 15 is 0 Å². The molecule has 2 heterocycles. The summed E-state index contributed by atoms with van der Waals surface area (Å²) >= 11 is 0. The highest BCUT2D eigenvalue weighted by molar-refractivity contribution is 14.0. The number of ether oxygens (including phenoxy) is 1. The lowest BCUT2D eigenvalue weighted by molar-refractivity contribution is 0.414. The van der Waals surface area contributed by atoms with Crippen LogP contribution < -0.4 is 15.4 Å². The number of guanidine groups is 1. The van der Waals surface area contributed by atoms with Crippen LogP contribution in [0.2, 0.25) is 0 Å². The Labute approximate surface area is 165 Å². The van der Waals surface area contributed by atoms with E-state index in [0.29, 0.717) is 13.1 Å². The van der Waals surface area contributed by atoms with Crippen molar-refractivity contribution in [2.24, 2.45) is 4.99 Å². The fraction of sp³-hybridized carbons (Fsp3) is 0.471. The van der Waals surface area contributed by atoms with Gasteiger partial charge >= 0.3 is 0 Å². The van der Waals surface area contributed by atoms with Gasteiger partial charge in [-0.2, -0.15) is 0 Å². The van der Waals surface area contributed by atoms with E-state index in [2.05, 4.69) is 37.3 Å². The number of aryl methyl sites for hydroxylation is 1. The zero-order valence-corrected chi connectivity index (χ0v) is 17.0. The third-order valence-corrected chi connectivity index (χ3v) is 4.02. The van der Waals surface area contributed by atoms with Crippen LogP contribution in [-0.2, 0) is 26.1 Å². The third kappa shape index (κ3) is 5.07. The summed E-state index contributed by atoms with van der Waals surface area (Å²) in [6, 6.07) is 7.95. The number of fused-ring (bicyclic) bond motifs is 1. The summed E-state index contributed by atoms with van der Waals surface area (Å²) in [4.78, 5) is 4.63. The molecule has 2 N–H and O–H groups in total. The highest BCUT2D eigenvalue weighted by atomic mass is 127. The Kier molecular flexibility index (Phi) is 7.48. The number of rotatable bonds is 6. The third-order valence-electron chi connectivity index (χ3n) is 4.02. The fourth-order valence-corrected chi connectivity index (χ4v) is 2.75. The standard InChI is InChI=1S/C17H24N6O.HI/c1-3-18-17(19-11-13-6-8-14(24-2)9-7-13)20-12-16-22-21-15-5-4-10-23(15)16;/h6-9H,3-5,10-12H2,1-2H3,(H2,18,19,20);1H. The van der Waals surface area contributed by atoms with Gasteiger partial charge in [0.25, 0.3) is 0 Å². The van der Waals surface area contributed by atoms with Crippen molar-refractivity contribution < 1.29 is 4.74 Å². The Hall–Kier alpha value is -1.84. The number of halogens is 1. The second kappa shape index (κ2) is 9.59. The van der Waals surface area contributed by atoms with E-state index < -0.39 is 0 Å². The number of hydrogen-bond donors (Lipinski definition) is 2. The summed E-state index contributed by atoms with van der Waals surface area (Å²) in [6.45, 7) is 5.11. The van der Waals surface area contributed by atoms with Crippen molar-refractivity contribution >= 4 is 29.9 Å². The van der Waals surface area contributed by atoms with Crippen LogP contribution in [0.4, 0.5) is 0 Å². The number of nitrogens with zero attached hydrogens (tertiary/aromatic N) is 4. The minimum atomic E-state index is 0. The first-order valence-electron chi connectivity index (χ1n) is 8.36. The number of benzene rings is 1. The van der Waals surface area contributed by atoms with E-state index in [1.807, 2.05) is 24.3 Å². The Bertz CT molecular complexity index is 698. The second-order valence-electron chi connectivity index (χ2n) is 5.68. The lowest BCUT2D eigenvalue weighted by atomic mass is 10.2. The quantitative estimate of drug-likeness (QED) is 0.396. The van der Waals surface area contributed by atoms with Crippen molar-refractivity contribution in [1.29, 1.82) is 0 Å². The van der Waals surface area contributed by atoms with Crippen molar-refractivity contribution in [3.05, 3.63) is 41.5 Å². The normalized spacial score (nSPS) is 13.1. The van der Waals surface area contributed by atoms with Gasteiger partial charge in [0.1, 0.15) is 11.6 Å². The SMILES string of the molecule is CCNC(=NCc1ccc(OC)cc1)NCc1nnc2n1CCC2.I. The average Bonchev–Trinajstić information content (AvgIpc) is 3.22. The Morgan fingerprint density at radius 3 is 2.76 bits per heavy atom. The second-order valence-corrected chi connectivity index (χ2v) is 5.68. The highest BCUT2D eigenvalue weighted by Gasteiger charge is 2.16. The highest BCUT2D eigenvalue weighted by Crippen LogP contribution is 2.14. The summed E-state index contributed by atoms with van der Waals surface area (Å²) in [5.41, 5.74) is 1.14. The maximum Gasteiger partial charge on any atom is 0.191 e. The molecule has 1 aliphatic rings. The largest absolute Gasteiger partial charge is 0.497 e. The van der Waals surface area contributed by atoms with Gasteiger partial charge in [-0.25, -0.2) is 4.99 Å². The first-order valence-corrected chi connectivity index (χ1v) is 8.36. The maximum atomic E-state index is 5.17. The van der Waals surface area contributed by atoms with Gasteiger partial charge in [0.05, 0.1) is 20.2 Å². The maximum absolute atomic E-state index is 5.17. The minimum absolute atomic E-state index is 0. The monoisotopic (exact) mass is 456 g/mol. The summed E-state index contributed by atoms with van der Waals surface area (Å²) in [5.74, 6) is 3.70. The molecule has 0 fully saturated rings. The van der Waals surface area contributed by atoms with Gasteiger partial charge in [-0.15, -0.1) is 34.2 Å². The lowest BCUT2D eigenvalue weighted by Gasteiger charge is -2.11. The van der Waals surface area contributed by atoms with Gasteiger partial charge in [0, 0.05) is 19.5 Å². The first kappa shape index (κ1) is 19.5. The van der Waals surface area contributed by atoms with Gasteiger partial charge in [0.2, 0.25) is 0 Å². The van der Waals surface area contributed by atoms with Gasteiger partial charge in [-0.05, 0) is 31.0 Å². The summed E-state index contributed by atoms with van der Waals surface area (Å²) in [6.07, 6.45) is 2.18. The average molecular weight is 456 g/mol. The van der Waals surface area contributed by atoms with Crippen LogP contribution in [0.25, 0.3) is 0 Å². The zero-order chi connectivity index (χ0) is 16.8. The van der Waals surface area contributed by atoms with Crippen molar-refractivity contribution in [2.45, 2.75) is 39.4 Å². The summed E-state index contributed by atoms with van der Waals surface area (Å²) in [7, 11) is 1.67. The molecule has 25 heavy (non-hydrogen) atoms. The van der Waals surface area contributed by atoms with E-state index in [0.717, 1.165) is 54.9 Å². The molecule has 0 spiro atoms. The van der Waals surface area contributed by atoms with Crippen molar-refractivity contribution in [3.8, 4) is 5.75 Å². The molecule has 1 aromatic carbocycles. The van der Waals surface area contributed by atoms with Crippen molar-refractivity contribution in [2.75, 3.05) is 13.7 Å². The zero-order valence-electron chi connectivity index (χ0n) is 14.7. The topological polar surface area (TPSA) is 76.4 Å². The molecule has 0 radical (unpaired) electrons. The molecule has 2 aromatic rings. The molecule has 3 rings (SSSR count). The molecule has 0 aliphatic carbocycles. The molecule has 136 valence electrons. The number of aliphatic imine (C=N–C) groups is 1. The Balaban J connectivity index is 0.00000225. The summed E-state index contributed by atoms with van der Waals surface area (Å²) < 4.78 is 7.37. The predicted molar refractivity (Wildman–Crippen MR) is 108 cm³/mol. The van der Waals surface area contributed by atoms with Crippen LogP contribution >= 0.6 is 24.0 Å². The Morgan fingerprint density at radius 1 is 1.24 bits per heavy atom. The molecular formula is C17H25IN6O. The molecule has 0 bridgehead atoms. The van der Waals surface area contributed by atoms with E-state index in [-0.39, 0.29) is 24.0 Å². The molecule has 0 saturated heterocycles. The van der Waals surface area contributed by atoms with Crippen LogP contribution in [0.15, 0.2) is 29.3 Å². The number of hydrogen-bond acceptors (Lipinski definition) is 4. The fourth-order valence-electron chi connectivity index (χ4n) is 2.75. The van der Waals surface area contributed by atoms with Crippen LogP contribution in [0, 0.1) is 0 Å². The first-order chi connectivity index (χ1) is 11.8. The van der Waals surface area contributed by atoms with Gasteiger partial charge < -0.3 is 19.9 Å². The van der Waals surface area contributed by atoms with E-state index in [9.17, 15) is 0 Å². The molecule has 0 amide bonds. The Morgan fingerprint density at radius 2 is 2.04 bits per heavy atom. The number of nitrogens with one attached hydrogen (secondary N) is 2. The molecule has 7 nitrogen and oxygen atoms in total. The molecular weight excluding hydrogens is 431 g/mol.